The fourth-order valence-electron chi connectivity index (χ4n) is 2.45. The first-order chi connectivity index (χ1) is 11.6. The summed E-state index contributed by atoms with van der Waals surface area (Å²) >= 11 is 0. The summed E-state index contributed by atoms with van der Waals surface area (Å²) in [5, 5.41) is 4.68. The molecule has 0 atom stereocenters. The number of halogens is 1. The van der Waals surface area contributed by atoms with Crippen LogP contribution in [-0.4, -0.2) is 19.0 Å². The summed E-state index contributed by atoms with van der Waals surface area (Å²) in [4.78, 5) is 24.0. The number of nitrogens with one attached hydrogen (secondary N) is 1. The Hall–Kier alpha value is -3.05. The van der Waals surface area contributed by atoms with Gasteiger partial charge in [-0.1, -0.05) is 18.2 Å². The van der Waals surface area contributed by atoms with Gasteiger partial charge < -0.3 is 15.8 Å². The lowest BCUT2D eigenvalue weighted by Gasteiger charge is -2.08. The van der Waals surface area contributed by atoms with Gasteiger partial charge in [0.1, 0.15) is 0 Å². The highest BCUT2D eigenvalue weighted by Crippen LogP contribution is 2.20. The van der Waals surface area contributed by atoms with Gasteiger partial charge in [-0.05, 0) is 53.2 Å². The largest absolute Gasteiger partial charge is 0.465 e. The molecule has 0 saturated heterocycles. The third-order valence-corrected chi connectivity index (χ3v) is 3.67. The molecule has 0 aliphatic carbocycles. The number of carbonyl (C=O) groups excluding carboxylic acids is 2. The molecule has 3 rings (SSSR count). The van der Waals surface area contributed by atoms with Crippen LogP contribution in [0, 0.1) is 0 Å². The number of benzene rings is 3. The van der Waals surface area contributed by atoms with E-state index in [9.17, 15) is 9.59 Å². The number of hydrogen-bond acceptors (Lipinski definition) is 4. The minimum absolute atomic E-state index is 0. The second-order valence-electron chi connectivity index (χ2n) is 5.35. The highest BCUT2D eigenvalue weighted by atomic mass is 35.5. The van der Waals surface area contributed by atoms with E-state index in [0.717, 1.165) is 10.8 Å². The third-order valence-electron chi connectivity index (χ3n) is 3.67. The highest BCUT2D eigenvalue weighted by Gasteiger charge is 2.10. The Bertz CT molecular complexity index is 941. The smallest absolute Gasteiger partial charge is 0.337 e. The van der Waals surface area contributed by atoms with Gasteiger partial charge >= 0.3 is 5.97 Å². The highest BCUT2D eigenvalue weighted by molar-refractivity contribution is 6.07. The van der Waals surface area contributed by atoms with Crippen molar-refractivity contribution in [3.05, 3.63) is 71.8 Å². The first kappa shape index (κ1) is 18.3. The Labute approximate surface area is 151 Å². The number of ether oxygens (including phenoxy) is 1. The van der Waals surface area contributed by atoms with Gasteiger partial charge in [-0.15, -0.1) is 12.4 Å². The maximum Gasteiger partial charge on any atom is 0.337 e. The molecule has 1 amide bonds. The lowest BCUT2D eigenvalue weighted by molar-refractivity contribution is 0.0600. The predicted molar refractivity (Wildman–Crippen MR) is 101 cm³/mol. The summed E-state index contributed by atoms with van der Waals surface area (Å²) in [5.41, 5.74) is 7.84. The summed E-state index contributed by atoms with van der Waals surface area (Å²) in [6.45, 7) is 0. The van der Waals surface area contributed by atoms with E-state index >= 15 is 0 Å². The molecular formula is C19H17ClN2O3. The molecule has 0 unspecified atom stereocenters. The predicted octanol–water partition coefficient (Wildman–Crippen LogP) is 3.88. The second-order valence-corrected chi connectivity index (χ2v) is 5.35. The molecule has 0 bridgehead atoms. The van der Waals surface area contributed by atoms with E-state index in [2.05, 4.69) is 10.1 Å². The van der Waals surface area contributed by atoms with Crippen molar-refractivity contribution in [2.75, 3.05) is 18.2 Å². The van der Waals surface area contributed by atoms with Crippen molar-refractivity contribution in [1.29, 1.82) is 0 Å². The van der Waals surface area contributed by atoms with Gasteiger partial charge in [-0.25, -0.2) is 4.79 Å². The quantitative estimate of drug-likeness (QED) is 0.551. The van der Waals surface area contributed by atoms with Crippen LogP contribution in [0.25, 0.3) is 10.8 Å². The zero-order chi connectivity index (χ0) is 17.1. The van der Waals surface area contributed by atoms with Gasteiger partial charge in [-0.2, -0.15) is 0 Å². The Morgan fingerprint density at radius 2 is 1.68 bits per heavy atom. The van der Waals surface area contributed by atoms with Gasteiger partial charge in [0.05, 0.1) is 12.7 Å². The van der Waals surface area contributed by atoms with Crippen LogP contribution in [0.15, 0.2) is 60.7 Å². The van der Waals surface area contributed by atoms with E-state index in [4.69, 9.17) is 5.73 Å². The normalized spacial score (nSPS) is 9.96. The fraction of sp³-hybridized carbons (Fsp3) is 0.0526. The molecule has 0 aliphatic heterocycles. The molecule has 0 saturated carbocycles. The van der Waals surface area contributed by atoms with Crippen molar-refractivity contribution in [3.8, 4) is 0 Å². The van der Waals surface area contributed by atoms with Crippen molar-refractivity contribution in [2.45, 2.75) is 0 Å². The Morgan fingerprint density at radius 3 is 2.44 bits per heavy atom. The summed E-state index contributed by atoms with van der Waals surface area (Å²) in [7, 11) is 1.31. The van der Waals surface area contributed by atoms with E-state index in [1.165, 1.54) is 7.11 Å². The van der Waals surface area contributed by atoms with Crippen LogP contribution in [0.1, 0.15) is 20.7 Å². The first-order valence-corrected chi connectivity index (χ1v) is 7.36. The van der Waals surface area contributed by atoms with E-state index < -0.39 is 5.97 Å². The minimum atomic E-state index is -0.452. The molecule has 0 heterocycles. The minimum Gasteiger partial charge on any atom is -0.465 e. The Kier molecular flexibility index (Phi) is 5.62. The summed E-state index contributed by atoms with van der Waals surface area (Å²) in [6, 6.07) is 17.5. The first-order valence-electron chi connectivity index (χ1n) is 7.36. The van der Waals surface area contributed by atoms with Crippen molar-refractivity contribution in [3.63, 3.8) is 0 Å². The van der Waals surface area contributed by atoms with Crippen molar-refractivity contribution >= 4 is 46.4 Å². The Morgan fingerprint density at radius 1 is 0.920 bits per heavy atom. The number of fused-ring (bicyclic) bond motifs is 1. The van der Waals surface area contributed by atoms with Gasteiger partial charge in [0.2, 0.25) is 0 Å². The molecule has 0 fully saturated rings. The SMILES string of the molecule is COC(=O)c1cccc(NC(=O)c2ccc3ccc(N)cc3c2)c1.Cl. The topological polar surface area (TPSA) is 81.4 Å². The molecule has 3 aromatic carbocycles. The zero-order valence-corrected chi connectivity index (χ0v) is 14.3. The molecule has 3 N–H and O–H groups in total. The molecule has 5 nitrogen and oxygen atoms in total. The van der Waals surface area contributed by atoms with Crippen LogP contribution in [0.5, 0.6) is 0 Å². The van der Waals surface area contributed by atoms with Crippen LogP contribution in [0.2, 0.25) is 0 Å². The maximum absolute atomic E-state index is 12.4. The molecule has 0 aliphatic rings. The molecule has 0 aromatic heterocycles. The molecule has 128 valence electrons. The molecule has 3 aromatic rings. The van der Waals surface area contributed by atoms with Gasteiger partial charge in [-0.3, -0.25) is 4.79 Å². The van der Waals surface area contributed by atoms with Crippen molar-refractivity contribution in [2.24, 2.45) is 0 Å². The van der Waals surface area contributed by atoms with Crippen LogP contribution >= 0.6 is 12.4 Å². The van der Waals surface area contributed by atoms with Crippen molar-refractivity contribution in [1.82, 2.24) is 0 Å². The van der Waals surface area contributed by atoms with Gasteiger partial charge in [0.15, 0.2) is 0 Å². The number of hydrogen-bond donors (Lipinski definition) is 2. The van der Waals surface area contributed by atoms with E-state index in [1.54, 1.807) is 36.4 Å². The number of rotatable bonds is 3. The second kappa shape index (κ2) is 7.68. The number of nitrogens with two attached hydrogens (primary N) is 1. The number of carbonyl (C=O) groups is 2. The molecule has 25 heavy (non-hydrogen) atoms. The van der Waals surface area contributed by atoms with Gasteiger partial charge in [0.25, 0.3) is 5.91 Å². The molecule has 6 heteroatoms. The van der Waals surface area contributed by atoms with Crippen LogP contribution in [-0.2, 0) is 4.74 Å². The summed E-state index contributed by atoms with van der Waals surface area (Å²) < 4.78 is 4.68. The lowest BCUT2D eigenvalue weighted by atomic mass is 10.1. The number of amides is 1. The number of nitrogen functional groups attached to an aromatic ring is 1. The average molecular weight is 357 g/mol. The van der Waals surface area contributed by atoms with E-state index in [0.29, 0.717) is 22.5 Å². The van der Waals surface area contributed by atoms with Crippen molar-refractivity contribution < 1.29 is 14.3 Å². The number of esters is 1. The standard InChI is InChI=1S/C19H16N2O3.ClH/c1-24-19(23)14-3-2-4-17(11-14)21-18(22)13-6-5-12-7-8-16(20)10-15(12)9-13;/h2-11H,20H2,1H3,(H,21,22);1H. The summed E-state index contributed by atoms with van der Waals surface area (Å²) in [6.07, 6.45) is 0. The van der Waals surface area contributed by atoms with Crippen LogP contribution < -0.4 is 11.1 Å². The summed E-state index contributed by atoms with van der Waals surface area (Å²) in [5.74, 6) is -0.714. The monoisotopic (exact) mass is 356 g/mol. The van der Waals surface area contributed by atoms with Crippen LogP contribution in [0.3, 0.4) is 0 Å². The van der Waals surface area contributed by atoms with E-state index in [1.807, 2.05) is 24.3 Å². The number of anilines is 2. The van der Waals surface area contributed by atoms with Crippen LogP contribution in [0.4, 0.5) is 11.4 Å². The van der Waals surface area contributed by atoms with E-state index in [-0.39, 0.29) is 18.3 Å². The zero-order valence-electron chi connectivity index (χ0n) is 13.5. The molecule has 0 radical (unpaired) electrons. The van der Waals surface area contributed by atoms with Gasteiger partial charge in [0, 0.05) is 16.9 Å². The molecule has 0 spiro atoms. The molecular weight excluding hydrogens is 340 g/mol. The third kappa shape index (κ3) is 4.08. The average Bonchev–Trinajstić information content (AvgIpc) is 2.60. The lowest BCUT2D eigenvalue weighted by Crippen LogP contribution is -2.12. The Balaban J connectivity index is 0.00000225. The number of methoxy groups -OCH3 is 1. The fourth-order valence-corrected chi connectivity index (χ4v) is 2.45. The maximum atomic E-state index is 12.4.